The molecular weight excluding hydrogens is 654 g/mol. The van der Waals surface area contributed by atoms with E-state index >= 15 is 0 Å². The van der Waals surface area contributed by atoms with Gasteiger partial charge in [-0.2, -0.15) is 18.3 Å². The van der Waals surface area contributed by atoms with Crippen LogP contribution in [-0.2, 0) is 17.8 Å². The molecule has 0 saturated heterocycles. The van der Waals surface area contributed by atoms with Crippen molar-refractivity contribution in [3.8, 4) is 5.88 Å². The monoisotopic (exact) mass is 681 g/mol. The summed E-state index contributed by atoms with van der Waals surface area (Å²) in [7, 11) is 1.48. The molecule has 0 fully saturated rings. The lowest BCUT2D eigenvalue weighted by Gasteiger charge is -2.37. The molecule has 0 saturated carbocycles. The van der Waals surface area contributed by atoms with Crippen molar-refractivity contribution in [2.24, 2.45) is 0 Å². The molecule has 17 heteroatoms. The zero-order chi connectivity index (χ0) is 33.5. The van der Waals surface area contributed by atoms with Gasteiger partial charge in [0.15, 0.2) is 0 Å². The molecule has 1 aromatic carbocycles. The average molecular weight is 682 g/mol. The Morgan fingerprint density at radius 1 is 1.15 bits per heavy atom. The molecule has 12 nitrogen and oxygen atoms in total. The maximum atomic E-state index is 14.1. The van der Waals surface area contributed by atoms with Crippen LogP contribution in [0.2, 0.25) is 10.0 Å². The lowest BCUT2D eigenvalue weighted by atomic mass is 9.96. The molecule has 2 aliphatic heterocycles. The second-order valence-corrected chi connectivity index (χ2v) is 11.7. The van der Waals surface area contributed by atoms with E-state index in [1.54, 1.807) is 23.2 Å². The summed E-state index contributed by atoms with van der Waals surface area (Å²) in [5, 5.41) is 9.41. The Bertz CT molecular complexity index is 1700. The zero-order valence-corrected chi connectivity index (χ0v) is 26.2. The van der Waals surface area contributed by atoms with Gasteiger partial charge in [-0.05, 0) is 37.6 Å². The van der Waals surface area contributed by atoms with Crippen molar-refractivity contribution in [2.45, 2.75) is 51.1 Å². The highest BCUT2D eigenvalue weighted by atomic mass is 35.5. The topological polar surface area (TPSA) is 139 Å². The van der Waals surface area contributed by atoms with E-state index in [9.17, 15) is 32.3 Å². The minimum atomic E-state index is -4.61. The number of carbonyl (C=O) groups excluding carboxylic acids is 4. The van der Waals surface area contributed by atoms with Crippen molar-refractivity contribution in [1.29, 1.82) is 0 Å². The van der Waals surface area contributed by atoms with Crippen LogP contribution < -0.4 is 15.4 Å². The van der Waals surface area contributed by atoms with Gasteiger partial charge < -0.3 is 25.2 Å². The van der Waals surface area contributed by atoms with Crippen LogP contribution in [0.1, 0.15) is 63.6 Å². The van der Waals surface area contributed by atoms with Crippen molar-refractivity contribution >= 4 is 47.0 Å². The van der Waals surface area contributed by atoms with E-state index in [4.69, 9.17) is 27.9 Å². The molecular formula is C29H28Cl2F3N7O5. The second kappa shape index (κ2) is 12.8. The molecule has 2 aliphatic rings. The van der Waals surface area contributed by atoms with Crippen molar-refractivity contribution in [3.63, 3.8) is 0 Å². The molecule has 46 heavy (non-hydrogen) atoms. The summed E-state index contributed by atoms with van der Waals surface area (Å²) in [6.45, 7) is 2.04. The third-order valence-corrected chi connectivity index (χ3v) is 8.62. The summed E-state index contributed by atoms with van der Waals surface area (Å²) in [5.41, 5.74) is 2.13. The highest BCUT2D eigenvalue weighted by Gasteiger charge is 2.43. The number of aromatic nitrogens is 3. The number of fused-ring (bicyclic) bond motifs is 3. The minimum absolute atomic E-state index is 0.0349. The molecule has 3 aromatic rings. The highest BCUT2D eigenvalue weighted by Crippen LogP contribution is 2.36. The van der Waals surface area contributed by atoms with Crippen LogP contribution in [0.15, 0.2) is 36.5 Å². The van der Waals surface area contributed by atoms with E-state index in [-0.39, 0.29) is 47.5 Å². The first kappa shape index (κ1) is 33.0. The number of rotatable bonds is 6. The van der Waals surface area contributed by atoms with Gasteiger partial charge in [0.1, 0.15) is 18.3 Å². The second-order valence-electron chi connectivity index (χ2n) is 10.9. The van der Waals surface area contributed by atoms with E-state index in [2.05, 4.69) is 15.4 Å². The number of carbonyl (C=O) groups is 4. The average Bonchev–Trinajstić information content (AvgIpc) is 3.38. The number of nitrogens with zero attached hydrogens (tertiary/aromatic N) is 5. The fourth-order valence-electron chi connectivity index (χ4n) is 5.44. The number of pyridine rings is 1. The highest BCUT2D eigenvalue weighted by molar-refractivity contribution is 6.42. The molecule has 0 spiro atoms. The Kier molecular flexibility index (Phi) is 9.18. The predicted octanol–water partition coefficient (Wildman–Crippen LogP) is 4.33. The fourth-order valence-corrected chi connectivity index (χ4v) is 5.74. The van der Waals surface area contributed by atoms with Crippen LogP contribution in [0.4, 0.5) is 18.0 Å². The largest absolute Gasteiger partial charge is 0.414 e. The minimum Gasteiger partial charge on any atom is -0.391 e. The normalized spacial score (nSPS) is 18.4. The maximum absolute atomic E-state index is 14.1. The van der Waals surface area contributed by atoms with Crippen molar-refractivity contribution < 1.29 is 37.1 Å². The van der Waals surface area contributed by atoms with Gasteiger partial charge in [-0.1, -0.05) is 29.3 Å². The lowest BCUT2D eigenvalue weighted by molar-refractivity contribution is -0.125. The van der Waals surface area contributed by atoms with E-state index < -0.39 is 36.8 Å². The lowest BCUT2D eigenvalue weighted by Crippen LogP contribution is -2.49. The van der Waals surface area contributed by atoms with Gasteiger partial charge in [-0.25, -0.2) is 14.5 Å². The standard InChI is InChI=1S/C29H28Cl2F3N7O5/c1-14-8-21-18(11-39(14)26(43)16-4-6-19(30)20(31)9-16)24-27(44)40(12-22(25(42)35-3)41(24)38-21)15(2)17-5-7-23(36-10-17)46-28(45)37-13-29(32,33)34/h4-7,9-10,14-15,22H,8,11-13H2,1-3H3,(H,35,42)(H,37,45)/t14-,15?,22+/m1/s1. The quantitative estimate of drug-likeness (QED) is 0.395. The summed E-state index contributed by atoms with van der Waals surface area (Å²) in [6.07, 6.45) is -4.28. The van der Waals surface area contributed by atoms with Crippen LogP contribution in [0.25, 0.3) is 0 Å². The summed E-state index contributed by atoms with van der Waals surface area (Å²) >= 11 is 12.2. The zero-order valence-electron chi connectivity index (χ0n) is 24.7. The first-order valence-electron chi connectivity index (χ1n) is 14.1. The third kappa shape index (κ3) is 6.60. The molecule has 0 radical (unpaired) electrons. The number of nitrogens with one attached hydrogen (secondary N) is 2. The summed E-state index contributed by atoms with van der Waals surface area (Å²) < 4.78 is 43.3. The number of alkyl halides is 3. The van der Waals surface area contributed by atoms with Gasteiger partial charge in [0.2, 0.25) is 11.8 Å². The van der Waals surface area contributed by atoms with Gasteiger partial charge in [0.05, 0.1) is 34.9 Å². The number of hydrogen-bond acceptors (Lipinski definition) is 7. The van der Waals surface area contributed by atoms with E-state index in [0.29, 0.717) is 33.8 Å². The molecule has 1 unspecified atom stereocenters. The van der Waals surface area contributed by atoms with Gasteiger partial charge in [-0.3, -0.25) is 14.4 Å². The van der Waals surface area contributed by atoms with Gasteiger partial charge in [0, 0.05) is 42.9 Å². The molecule has 4 amide bonds. The van der Waals surface area contributed by atoms with Crippen molar-refractivity contribution in [1.82, 2.24) is 35.2 Å². The summed E-state index contributed by atoms with van der Waals surface area (Å²) in [4.78, 5) is 59.5. The first-order valence-corrected chi connectivity index (χ1v) is 14.8. The van der Waals surface area contributed by atoms with Crippen LogP contribution in [-0.4, -0.2) is 80.7 Å². The van der Waals surface area contributed by atoms with E-state index in [1.807, 2.05) is 6.92 Å². The molecule has 4 heterocycles. The van der Waals surface area contributed by atoms with Crippen molar-refractivity contribution in [2.75, 3.05) is 20.1 Å². The van der Waals surface area contributed by atoms with E-state index in [0.717, 1.165) is 0 Å². The Labute approximate surface area is 270 Å². The molecule has 2 N–H and O–H groups in total. The molecule has 0 bridgehead atoms. The Hall–Kier alpha value is -4.37. The summed E-state index contributed by atoms with van der Waals surface area (Å²) in [5.74, 6) is -1.37. The SMILES string of the molecule is CNC(=O)[C@@H]1CN(C(C)c2ccc(OC(=O)NCC(F)(F)F)nc2)C(=O)c2c3c(nn21)C[C@@H](C)N(C(=O)c1ccc(Cl)c(Cl)c1)C3. The third-order valence-electron chi connectivity index (χ3n) is 7.89. The maximum Gasteiger partial charge on any atom is 0.414 e. The van der Waals surface area contributed by atoms with Gasteiger partial charge in [0.25, 0.3) is 11.8 Å². The Morgan fingerprint density at radius 3 is 2.52 bits per heavy atom. The number of halogens is 5. The Balaban J connectivity index is 1.41. The van der Waals surface area contributed by atoms with Crippen molar-refractivity contribution in [3.05, 3.63) is 74.7 Å². The smallest absolute Gasteiger partial charge is 0.391 e. The van der Waals surface area contributed by atoms with Crippen LogP contribution in [0, 0.1) is 0 Å². The molecule has 5 rings (SSSR count). The Morgan fingerprint density at radius 2 is 1.89 bits per heavy atom. The van der Waals surface area contributed by atoms with E-state index in [1.165, 1.54) is 47.1 Å². The number of amides is 4. The summed E-state index contributed by atoms with van der Waals surface area (Å²) in [6, 6.07) is 5.57. The van der Waals surface area contributed by atoms with Crippen LogP contribution in [0.5, 0.6) is 5.88 Å². The predicted molar refractivity (Wildman–Crippen MR) is 159 cm³/mol. The molecule has 3 atom stereocenters. The number of benzene rings is 1. The van der Waals surface area contributed by atoms with Gasteiger partial charge >= 0.3 is 12.3 Å². The first-order chi connectivity index (χ1) is 21.7. The molecule has 0 aliphatic carbocycles. The molecule has 2 aromatic heterocycles. The number of ether oxygens (including phenoxy) is 1. The van der Waals surface area contributed by atoms with Crippen LogP contribution >= 0.6 is 23.2 Å². The number of hydrogen-bond donors (Lipinski definition) is 2. The fraction of sp³-hybridized carbons (Fsp3) is 0.379. The van der Waals surface area contributed by atoms with Crippen LogP contribution in [0.3, 0.4) is 0 Å². The van der Waals surface area contributed by atoms with Gasteiger partial charge in [-0.15, -0.1) is 0 Å². The molecule has 244 valence electrons. The number of likely N-dealkylation sites (N-methyl/N-ethyl adjacent to an activating group) is 1.